The van der Waals surface area contributed by atoms with Crippen LogP contribution < -0.4 is 5.73 Å². The maximum atomic E-state index is 10.3. The highest BCUT2D eigenvalue weighted by Gasteiger charge is 2.22. The van der Waals surface area contributed by atoms with Gasteiger partial charge in [0.1, 0.15) is 0 Å². The molecule has 0 amide bonds. The molecule has 2 rings (SSSR count). The molecule has 1 aliphatic rings. The normalized spacial score (nSPS) is 19.2. The summed E-state index contributed by atoms with van der Waals surface area (Å²) in [5.74, 6) is 0.462. The summed E-state index contributed by atoms with van der Waals surface area (Å²) in [5.41, 5.74) is 7.85. The lowest BCUT2D eigenvalue weighted by Crippen LogP contribution is -2.16. The molecule has 1 aromatic rings. The lowest BCUT2D eigenvalue weighted by atomic mass is 9.82. The maximum Gasteiger partial charge on any atom is 0.0818 e. The minimum Gasteiger partial charge on any atom is -0.388 e. The highest BCUT2D eigenvalue weighted by molar-refractivity contribution is 5.24. The van der Waals surface area contributed by atoms with E-state index in [-0.39, 0.29) is 6.10 Å². The first-order valence-electron chi connectivity index (χ1n) is 6.78. The molecule has 0 radical (unpaired) electrons. The molecule has 0 bridgehead atoms. The van der Waals surface area contributed by atoms with Gasteiger partial charge in [0.2, 0.25) is 0 Å². The lowest BCUT2D eigenvalue weighted by Gasteiger charge is -2.26. The first kappa shape index (κ1) is 12.6. The van der Waals surface area contributed by atoms with E-state index in [0.29, 0.717) is 12.5 Å². The molecule has 17 heavy (non-hydrogen) atoms. The van der Waals surface area contributed by atoms with Crippen LogP contribution in [-0.4, -0.2) is 11.7 Å². The van der Waals surface area contributed by atoms with Crippen molar-refractivity contribution in [3.63, 3.8) is 0 Å². The van der Waals surface area contributed by atoms with Gasteiger partial charge in [0.05, 0.1) is 6.10 Å². The zero-order valence-corrected chi connectivity index (χ0v) is 10.4. The molecular weight excluding hydrogens is 210 g/mol. The second-order valence-electron chi connectivity index (χ2n) is 5.12. The molecule has 0 spiro atoms. The van der Waals surface area contributed by atoms with Gasteiger partial charge < -0.3 is 10.8 Å². The van der Waals surface area contributed by atoms with Crippen molar-refractivity contribution in [3.05, 3.63) is 35.4 Å². The minimum absolute atomic E-state index is 0.276. The Hall–Kier alpha value is -0.860. The monoisotopic (exact) mass is 233 g/mol. The number of aliphatic hydroxyl groups is 1. The Labute approximate surface area is 104 Å². The molecule has 0 saturated heterocycles. The summed E-state index contributed by atoms with van der Waals surface area (Å²) in [6.45, 7) is 0.685. The third kappa shape index (κ3) is 3.30. The molecule has 1 atom stereocenters. The number of nitrogens with two attached hydrogens (primary N) is 1. The Bertz CT molecular complexity index is 327. The minimum atomic E-state index is -0.276. The van der Waals surface area contributed by atoms with Crippen molar-refractivity contribution in [2.24, 2.45) is 11.7 Å². The third-order valence-corrected chi connectivity index (χ3v) is 3.85. The van der Waals surface area contributed by atoms with Crippen molar-refractivity contribution in [2.75, 3.05) is 6.54 Å². The molecule has 3 N–H and O–H groups in total. The van der Waals surface area contributed by atoms with Gasteiger partial charge in [-0.25, -0.2) is 0 Å². The molecule has 0 aromatic heterocycles. The fraction of sp³-hybridized carbons (Fsp3) is 0.600. The SMILES string of the molecule is NCCc1ccc(C(O)C2CCCCC2)cc1. The van der Waals surface area contributed by atoms with E-state index in [0.717, 1.165) is 12.0 Å². The Morgan fingerprint density at radius 1 is 1.12 bits per heavy atom. The summed E-state index contributed by atoms with van der Waals surface area (Å²) in [6, 6.07) is 8.30. The van der Waals surface area contributed by atoms with Crippen molar-refractivity contribution < 1.29 is 5.11 Å². The van der Waals surface area contributed by atoms with E-state index in [9.17, 15) is 5.11 Å². The lowest BCUT2D eigenvalue weighted by molar-refractivity contribution is 0.0848. The van der Waals surface area contributed by atoms with Crippen molar-refractivity contribution in [2.45, 2.75) is 44.6 Å². The number of hydrogen-bond acceptors (Lipinski definition) is 2. The Balaban J connectivity index is 2.00. The van der Waals surface area contributed by atoms with Gasteiger partial charge in [0.25, 0.3) is 0 Å². The van der Waals surface area contributed by atoms with E-state index < -0.39 is 0 Å². The van der Waals surface area contributed by atoms with E-state index in [1.807, 2.05) is 0 Å². The maximum absolute atomic E-state index is 10.3. The van der Waals surface area contributed by atoms with Crippen molar-refractivity contribution in [3.8, 4) is 0 Å². The van der Waals surface area contributed by atoms with Crippen molar-refractivity contribution in [1.82, 2.24) is 0 Å². The van der Waals surface area contributed by atoms with E-state index in [1.54, 1.807) is 0 Å². The van der Waals surface area contributed by atoms with Crippen LogP contribution >= 0.6 is 0 Å². The van der Waals surface area contributed by atoms with E-state index in [1.165, 1.54) is 37.7 Å². The van der Waals surface area contributed by atoms with Gasteiger partial charge in [0, 0.05) is 0 Å². The van der Waals surface area contributed by atoms with Crippen LogP contribution in [0.2, 0.25) is 0 Å². The zero-order chi connectivity index (χ0) is 12.1. The van der Waals surface area contributed by atoms with Crippen LogP contribution in [0.25, 0.3) is 0 Å². The highest BCUT2D eigenvalue weighted by Crippen LogP contribution is 2.34. The molecule has 1 aromatic carbocycles. The topological polar surface area (TPSA) is 46.2 Å². The van der Waals surface area contributed by atoms with E-state index in [4.69, 9.17) is 5.73 Å². The molecule has 0 heterocycles. The fourth-order valence-corrected chi connectivity index (χ4v) is 2.77. The summed E-state index contributed by atoms with van der Waals surface area (Å²) in [6.07, 6.45) is 6.86. The van der Waals surface area contributed by atoms with Crippen LogP contribution in [0.1, 0.15) is 49.3 Å². The summed E-state index contributed by atoms with van der Waals surface area (Å²) < 4.78 is 0. The standard InChI is InChI=1S/C15H23NO/c16-11-10-12-6-8-14(9-7-12)15(17)13-4-2-1-3-5-13/h6-9,13,15,17H,1-5,10-11,16H2. The van der Waals surface area contributed by atoms with Crippen LogP contribution in [0, 0.1) is 5.92 Å². The van der Waals surface area contributed by atoms with E-state index >= 15 is 0 Å². The van der Waals surface area contributed by atoms with Crippen LogP contribution in [0.3, 0.4) is 0 Å². The quantitative estimate of drug-likeness (QED) is 0.840. The molecular formula is C15H23NO. The van der Waals surface area contributed by atoms with Gasteiger partial charge in [0.15, 0.2) is 0 Å². The fourth-order valence-electron chi connectivity index (χ4n) is 2.77. The van der Waals surface area contributed by atoms with Crippen LogP contribution in [-0.2, 0) is 6.42 Å². The second kappa shape index (κ2) is 6.18. The second-order valence-corrected chi connectivity index (χ2v) is 5.12. The van der Waals surface area contributed by atoms with Gasteiger partial charge in [-0.2, -0.15) is 0 Å². The smallest absolute Gasteiger partial charge is 0.0818 e. The zero-order valence-electron chi connectivity index (χ0n) is 10.4. The molecule has 1 saturated carbocycles. The van der Waals surface area contributed by atoms with Crippen molar-refractivity contribution in [1.29, 1.82) is 0 Å². The van der Waals surface area contributed by atoms with Gasteiger partial charge in [-0.15, -0.1) is 0 Å². The molecule has 2 heteroatoms. The summed E-state index contributed by atoms with van der Waals surface area (Å²) >= 11 is 0. The van der Waals surface area contributed by atoms with Gasteiger partial charge in [-0.05, 0) is 42.9 Å². The number of hydrogen-bond donors (Lipinski definition) is 2. The number of rotatable bonds is 4. The van der Waals surface area contributed by atoms with Gasteiger partial charge in [-0.1, -0.05) is 43.5 Å². The molecule has 0 aliphatic heterocycles. The first-order valence-corrected chi connectivity index (χ1v) is 6.78. The highest BCUT2D eigenvalue weighted by atomic mass is 16.3. The molecule has 94 valence electrons. The number of benzene rings is 1. The third-order valence-electron chi connectivity index (χ3n) is 3.85. The average molecular weight is 233 g/mol. The molecule has 1 fully saturated rings. The average Bonchev–Trinajstić information content (AvgIpc) is 2.40. The summed E-state index contributed by atoms with van der Waals surface area (Å²) in [4.78, 5) is 0. The van der Waals surface area contributed by atoms with Gasteiger partial charge in [-0.3, -0.25) is 0 Å². The van der Waals surface area contributed by atoms with Crippen LogP contribution in [0.5, 0.6) is 0 Å². The summed E-state index contributed by atoms with van der Waals surface area (Å²) in [5, 5.41) is 10.3. The Kier molecular flexibility index (Phi) is 4.57. The summed E-state index contributed by atoms with van der Waals surface area (Å²) in [7, 11) is 0. The molecule has 1 aliphatic carbocycles. The number of aliphatic hydroxyl groups excluding tert-OH is 1. The predicted molar refractivity (Wildman–Crippen MR) is 70.7 cm³/mol. The van der Waals surface area contributed by atoms with E-state index in [2.05, 4.69) is 24.3 Å². The Morgan fingerprint density at radius 2 is 1.76 bits per heavy atom. The van der Waals surface area contributed by atoms with Crippen LogP contribution in [0.15, 0.2) is 24.3 Å². The molecule has 2 nitrogen and oxygen atoms in total. The predicted octanol–water partition coefficient (Wildman–Crippen LogP) is 2.80. The van der Waals surface area contributed by atoms with Crippen molar-refractivity contribution >= 4 is 0 Å². The van der Waals surface area contributed by atoms with Crippen LogP contribution in [0.4, 0.5) is 0 Å². The molecule has 1 unspecified atom stereocenters. The van der Waals surface area contributed by atoms with Gasteiger partial charge >= 0.3 is 0 Å². The largest absolute Gasteiger partial charge is 0.388 e. The first-order chi connectivity index (χ1) is 8.31. The Morgan fingerprint density at radius 3 is 2.35 bits per heavy atom.